The van der Waals surface area contributed by atoms with E-state index in [1.165, 1.54) is 19.2 Å². The van der Waals surface area contributed by atoms with Crippen molar-refractivity contribution in [1.29, 1.82) is 0 Å². The van der Waals surface area contributed by atoms with Crippen LogP contribution in [0.3, 0.4) is 0 Å². The standard InChI is InChI=1S/C16H22N4O2.C14H20N6O2.C2H3ClO.2ClH/c1-9(2)13-7-11(20-22-13)12(21)6-10-8-18-15(16(3,4)5)19-14(10)17;1-7(15)10-5-8(20-22-10)12(21)18-9-6-17-13(14(2,3)4)19-11(9)16;1-2(3)4;;/h7-9H,6H2,1-5H3,(H2,17,18,19);5-7H,15H2,1-4H3,(H,18,21)(H2,16,17,19);1H3;2*1H/t;7-;;;/m.1.../s1. The first-order chi connectivity index (χ1) is 22.1. The molecule has 18 heteroatoms. The number of nitrogens with zero attached hydrogens (tertiary/aromatic N) is 6. The lowest BCUT2D eigenvalue weighted by Gasteiger charge is -2.17. The normalized spacial score (nSPS) is 11.5. The molecule has 1 atom stereocenters. The topological polar surface area (TPSA) is 245 Å². The lowest BCUT2D eigenvalue weighted by atomic mass is 9.95. The molecule has 0 radical (unpaired) electrons. The van der Waals surface area contributed by atoms with Crippen molar-refractivity contribution >= 4 is 70.7 Å². The molecule has 4 aromatic rings. The molecular weight excluding hydrogens is 711 g/mol. The number of amides is 1. The van der Waals surface area contributed by atoms with E-state index >= 15 is 0 Å². The fourth-order valence-electron chi connectivity index (χ4n) is 3.52. The number of carbonyl (C=O) groups is 3. The van der Waals surface area contributed by atoms with Gasteiger partial charge in [0.25, 0.3) is 5.91 Å². The van der Waals surface area contributed by atoms with Gasteiger partial charge < -0.3 is 31.6 Å². The molecule has 0 aromatic carbocycles. The molecular formula is C32H47Cl3N10O5. The summed E-state index contributed by atoms with van der Waals surface area (Å²) in [5.41, 5.74) is 18.4. The Kier molecular flexibility index (Phi) is 17.7. The SMILES string of the molecule is CC(=O)Cl.CC(C)c1cc(C(=O)Cc2cnc(C(C)(C)C)nc2N)no1.C[C@@H](N)c1cc(C(=O)Nc2cnc(C(C)(C)C)nc2N)no1.Cl.Cl. The molecule has 0 fully saturated rings. The molecule has 0 bridgehead atoms. The summed E-state index contributed by atoms with van der Waals surface area (Å²) in [6, 6.07) is 2.82. The number of anilines is 3. The molecule has 15 nitrogen and oxygen atoms in total. The number of nitrogen functional groups attached to an aromatic ring is 2. The maximum absolute atomic E-state index is 12.3. The van der Waals surface area contributed by atoms with Crippen LogP contribution in [0.25, 0.3) is 0 Å². The summed E-state index contributed by atoms with van der Waals surface area (Å²) < 4.78 is 10.1. The minimum absolute atomic E-state index is 0. The van der Waals surface area contributed by atoms with Gasteiger partial charge in [-0.05, 0) is 18.5 Å². The van der Waals surface area contributed by atoms with Crippen LogP contribution in [0.2, 0.25) is 0 Å². The molecule has 0 aliphatic carbocycles. The van der Waals surface area contributed by atoms with Crippen LogP contribution in [0.5, 0.6) is 0 Å². The molecule has 276 valence electrons. The molecule has 0 saturated heterocycles. The van der Waals surface area contributed by atoms with Crippen molar-refractivity contribution in [1.82, 2.24) is 30.2 Å². The molecule has 50 heavy (non-hydrogen) atoms. The largest absolute Gasteiger partial charge is 0.383 e. The summed E-state index contributed by atoms with van der Waals surface area (Å²) in [5.74, 6) is 2.48. The Morgan fingerprint density at radius 1 is 0.820 bits per heavy atom. The van der Waals surface area contributed by atoms with Crippen molar-refractivity contribution in [2.75, 3.05) is 16.8 Å². The average Bonchev–Trinajstić information content (AvgIpc) is 3.65. The predicted molar refractivity (Wildman–Crippen MR) is 197 cm³/mol. The van der Waals surface area contributed by atoms with E-state index in [1.807, 2.05) is 55.4 Å². The van der Waals surface area contributed by atoms with E-state index in [0.29, 0.717) is 45.9 Å². The summed E-state index contributed by atoms with van der Waals surface area (Å²) in [4.78, 5) is 50.6. The first-order valence-electron chi connectivity index (χ1n) is 15.0. The number of carbonyl (C=O) groups excluding carboxylic acids is 3. The molecule has 1 amide bonds. The van der Waals surface area contributed by atoms with Crippen molar-refractivity contribution in [3.8, 4) is 0 Å². The number of halogens is 3. The van der Waals surface area contributed by atoms with Crippen LogP contribution in [-0.4, -0.2) is 47.2 Å². The Balaban J connectivity index is 0.000000837. The highest BCUT2D eigenvalue weighted by Crippen LogP contribution is 2.24. The maximum Gasteiger partial charge on any atom is 0.277 e. The molecule has 4 rings (SSSR count). The highest BCUT2D eigenvalue weighted by molar-refractivity contribution is 6.62. The highest BCUT2D eigenvalue weighted by atomic mass is 35.5. The van der Waals surface area contributed by atoms with E-state index in [-0.39, 0.29) is 76.6 Å². The zero-order valence-corrected chi connectivity index (χ0v) is 32.2. The summed E-state index contributed by atoms with van der Waals surface area (Å²) in [6.45, 7) is 18.9. The van der Waals surface area contributed by atoms with Gasteiger partial charge in [-0.3, -0.25) is 14.4 Å². The monoisotopic (exact) mass is 756 g/mol. The number of hydrogen-bond donors (Lipinski definition) is 4. The smallest absolute Gasteiger partial charge is 0.277 e. The zero-order chi connectivity index (χ0) is 36.6. The van der Waals surface area contributed by atoms with E-state index < -0.39 is 5.91 Å². The van der Waals surface area contributed by atoms with Gasteiger partial charge in [0.2, 0.25) is 5.24 Å². The summed E-state index contributed by atoms with van der Waals surface area (Å²) in [5, 5.41) is 9.73. The van der Waals surface area contributed by atoms with Crippen LogP contribution in [-0.2, 0) is 22.0 Å². The number of Topliss-reactive ketones (excluding diaryl/α,β-unsaturated/α-hetero) is 1. The molecule has 7 N–H and O–H groups in total. The second kappa shape index (κ2) is 19.3. The van der Waals surface area contributed by atoms with Gasteiger partial charge in [0.1, 0.15) is 34.6 Å². The zero-order valence-electron chi connectivity index (χ0n) is 29.8. The quantitative estimate of drug-likeness (QED) is 0.122. The van der Waals surface area contributed by atoms with Crippen molar-refractivity contribution < 1.29 is 23.4 Å². The average molecular weight is 758 g/mol. The Bertz CT molecular complexity index is 1600. The van der Waals surface area contributed by atoms with Gasteiger partial charge in [-0.25, -0.2) is 19.9 Å². The molecule has 4 aromatic heterocycles. The first kappa shape index (κ1) is 45.8. The molecule has 0 aliphatic heterocycles. The van der Waals surface area contributed by atoms with Gasteiger partial charge in [0.15, 0.2) is 23.1 Å². The van der Waals surface area contributed by atoms with Crippen LogP contribution in [0, 0.1) is 0 Å². The summed E-state index contributed by atoms with van der Waals surface area (Å²) in [7, 11) is 0. The Labute approximate surface area is 309 Å². The van der Waals surface area contributed by atoms with Gasteiger partial charge in [0.05, 0.1) is 12.2 Å². The first-order valence-corrected chi connectivity index (χ1v) is 15.4. The van der Waals surface area contributed by atoms with Gasteiger partial charge in [-0.2, -0.15) is 0 Å². The molecule has 0 saturated carbocycles. The Morgan fingerprint density at radius 3 is 1.70 bits per heavy atom. The Hall–Kier alpha value is -4.18. The lowest BCUT2D eigenvalue weighted by molar-refractivity contribution is -0.109. The van der Waals surface area contributed by atoms with Gasteiger partial charge in [0, 0.05) is 54.0 Å². The fraction of sp³-hybridized carbons (Fsp3) is 0.469. The van der Waals surface area contributed by atoms with E-state index in [4.69, 9.17) is 26.2 Å². The van der Waals surface area contributed by atoms with Crippen molar-refractivity contribution in [3.63, 3.8) is 0 Å². The maximum atomic E-state index is 12.3. The third-order valence-corrected chi connectivity index (χ3v) is 6.25. The van der Waals surface area contributed by atoms with Crippen LogP contribution < -0.4 is 22.5 Å². The number of nitrogens with two attached hydrogens (primary N) is 3. The second-order valence-electron chi connectivity index (χ2n) is 13.3. The number of ketones is 1. The molecule has 0 unspecified atom stereocenters. The van der Waals surface area contributed by atoms with Gasteiger partial charge in [-0.1, -0.05) is 65.7 Å². The minimum Gasteiger partial charge on any atom is -0.383 e. The minimum atomic E-state index is -0.463. The van der Waals surface area contributed by atoms with E-state index in [1.54, 1.807) is 19.2 Å². The second-order valence-corrected chi connectivity index (χ2v) is 13.8. The highest BCUT2D eigenvalue weighted by Gasteiger charge is 2.22. The third-order valence-electron chi connectivity index (χ3n) is 6.25. The van der Waals surface area contributed by atoms with E-state index in [0.717, 1.165) is 0 Å². The molecule has 0 aliphatic rings. The summed E-state index contributed by atoms with van der Waals surface area (Å²) >= 11 is 4.64. The number of aromatic nitrogens is 6. The number of nitrogens with one attached hydrogen (secondary N) is 1. The van der Waals surface area contributed by atoms with Gasteiger partial charge in [-0.15, -0.1) is 24.8 Å². The Morgan fingerprint density at radius 2 is 1.28 bits per heavy atom. The summed E-state index contributed by atoms with van der Waals surface area (Å²) in [6.07, 6.45) is 3.21. The predicted octanol–water partition coefficient (Wildman–Crippen LogP) is 6.12. The third kappa shape index (κ3) is 14.0. The van der Waals surface area contributed by atoms with Crippen molar-refractivity contribution in [3.05, 3.63) is 64.6 Å². The number of hydrogen-bond acceptors (Lipinski definition) is 14. The molecule has 0 spiro atoms. The fourth-order valence-corrected chi connectivity index (χ4v) is 3.52. The van der Waals surface area contributed by atoms with E-state index in [2.05, 4.69) is 47.2 Å². The number of rotatable bonds is 7. The van der Waals surface area contributed by atoms with E-state index in [9.17, 15) is 14.4 Å². The van der Waals surface area contributed by atoms with Gasteiger partial charge >= 0.3 is 0 Å². The van der Waals surface area contributed by atoms with Crippen LogP contribution in [0.1, 0.15) is 131 Å². The van der Waals surface area contributed by atoms with Crippen molar-refractivity contribution in [2.45, 2.75) is 98.4 Å². The van der Waals surface area contributed by atoms with Crippen LogP contribution in [0.4, 0.5) is 17.3 Å². The molecule has 4 heterocycles. The van der Waals surface area contributed by atoms with Crippen LogP contribution in [0.15, 0.2) is 33.6 Å². The van der Waals surface area contributed by atoms with Crippen LogP contribution >= 0.6 is 36.4 Å². The lowest BCUT2D eigenvalue weighted by Crippen LogP contribution is -2.19. The van der Waals surface area contributed by atoms with Crippen molar-refractivity contribution in [2.24, 2.45) is 5.73 Å².